The molecule has 0 aliphatic carbocycles. The summed E-state index contributed by atoms with van der Waals surface area (Å²) in [6.45, 7) is 6.89. The van der Waals surface area contributed by atoms with E-state index in [1.807, 2.05) is 0 Å². The van der Waals surface area contributed by atoms with Gasteiger partial charge < -0.3 is 10.1 Å². The Bertz CT molecular complexity index is 421. The van der Waals surface area contributed by atoms with E-state index < -0.39 is 11.6 Å². The Labute approximate surface area is 104 Å². The Kier molecular flexibility index (Phi) is 4.22. The molecule has 1 aromatic heterocycles. The lowest BCUT2D eigenvalue weighted by atomic mass is 10.2. The van der Waals surface area contributed by atoms with Crippen LogP contribution >= 0.6 is 11.3 Å². The van der Waals surface area contributed by atoms with Crippen LogP contribution in [0.3, 0.4) is 0 Å². The van der Waals surface area contributed by atoms with Gasteiger partial charge in [0.2, 0.25) is 0 Å². The summed E-state index contributed by atoms with van der Waals surface area (Å²) in [5.41, 5.74) is 2.68. The zero-order valence-electron chi connectivity index (χ0n) is 10.3. The largest absolute Gasteiger partial charge is 0.459 e. The Morgan fingerprint density at radius 1 is 1.47 bits per heavy atom. The molecule has 0 atom stereocenters. The van der Waals surface area contributed by atoms with Crippen molar-refractivity contribution in [3.63, 3.8) is 0 Å². The highest BCUT2D eigenvalue weighted by Gasteiger charge is 2.18. The van der Waals surface area contributed by atoms with Gasteiger partial charge in [-0.1, -0.05) is 0 Å². The fourth-order valence-corrected chi connectivity index (χ4v) is 1.71. The molecule has 6 heteroatoms. The van der Waals surface area contributed by atoms with Gasteiger partial charge in [0.15, 0.2) is 5.51 Å². The lowest BCUT2D eigenvalue weighted by Gasteiger charge is -2.19. The fourth-order valence-electron chi connectivity index (χ4n) is 1.08. The first-order valence-electron chi connectivity index (χ1n) is 5.13. The van der Waals surface area contributed by atoms with Gasteiger partial charge in [-0.3, -0.25) is 9.59 Å². The average molecular weight is 255 g/mol. The molecule has 0 aliphatic rings. The van der Waals surface area contributed by atoms with Gasteiger partial charge in [-0.25, -0.2) is 4.98 Å². The number of hydrogen-bond acceptors (Lipinski definition) is 5. The summed E-state index contributed by atoms with van der Waals surface area (Å²) in [6.07, 6.45) is 0. The van der Waals surface area contributed by atoms with Crippen LogP contribution in [-0.2, 0) is 9.53 Å². The first kappa shape index (κ1) is 13.6. The molecule has 0 fully saturated rings. The van der Waals surface area contributed by atoms with Gasteiger partial charge in [-0.15, -0.1) is 11.3 Å². The minimum atomic E-state index is -0.546. The van der Waals surface area contributed by atoms with Crippen molar-refractivity contribution in [2.45, 2.75) is 33.3 Å². The van der Waals surface area contributed by atoms with Crippen molar-refractivity contribution in [3.05, 3.63) is 16.1 Å². The maximum atomic E-state index is 11.6. The van der Waals surface area contributed by atoms with E-state index in [0.29, 0.717) is 10.6 Å². The van der Waals surface area contributed by atoms with E-state index in [4.69, 9.17) is 4.74 Å². The summed E-state index contributed by atoms with van der Waals surface area (Å²) < 4.78 is 5.06. The predicted octanol–water partition coefficient (Wildman–Crippen LogP) is 1.32. The standard InChI is InChI=1S/C11H15N2O3S/c1-7-9(17-6-13-7)10(15)12-5-8(14)16-11(2,3)4/h5H2,1-4H3,(H,12,15). The van der Waals surface area contributed by atoms with Crippen LogP contribution in [-0.4, -0.2) is 29.0 Å². The lowest BCUT2D eigenvalue weighted by Crippen LogP contribution is -2.34. The summed E-state index contributed by atoms with van der Waals surface area (Å²) >= 11 is 1.12. The van der Waals surface area contributed by atoms with Crippen molar-refractivity contribution in [1.82, 2.24) is 10.3 Å². The number of nitrogens with zero attached hydrogens (tertiary/aromatic N) is 1. The zero-order chi connectivity index (χ0) is 13.1. The molecule has 0 unspecified atom stereocenters. The number of thiazole rings is 1. The van der Waals surface area contributed by atoms with Gasteiger partial charge in [0.25, 0.3) is 5.91 Å². The predicted molar refractivity (Wildman–Crippen MR) is 63.9 cm³/mol. The maximum absolute atomic E-state index is 11.6. The van der Waals surface area contributed by atoms with Crippen LogP contribution in [0.5, 0.6) is 0 Å². The Hall–Kier alpha value is -1.43. The summed E-state index contributed by atoms with van der Waals surface area (Å²) in [6, 6.07) is 0. The number of esters is 1. The molecule has 0 saturated carbocycles. The van der Waals surface area contributed by atoms with Crippen molar-refractivity contribution in [3.8, 4) is 0 Å². The first-order chi connectivity index (χ1) is 7.79. The smallest absolute Gasteiger partial charge is 0.325 e. The minimum Gasteiger partial charge on any atom is -0.459 e. The number of amides is 1. The lowest BCUT2D eigenvalue weighted by molar-refractivity contribution is -0.153. The second-order valence-corrected chi connectivity index (χ2v) is 5.28. The quantitative estimate of drug-likeness (QED) is 0.827. The normalized spacial score (nSPS) is 11.1. The van der Waals surface area contributed by atoms with E-state index in [2.05, 4.69) is 15.8 Å². The third-order valence-electron chi connectivity index (χ3n) is 1.71. The number of carbonyl (C=O) groups excluding carboxylic acids is 2. The molecule has 1 radical (unpaired) electrons. The van der Waals surface area contributed by atoms with Gasteiger partial charge >= 0.3 is 5.97 Å². The van der Waals surface area contributed by atoms with Crippen LogP contribution in [0.25, 0.3) is 0 Å². The van der Waals surface area contributed by atoms with Crippen molar-refractivity contribution < 1.29 is 14.3 Å². The molecule has 1 rings (SSSR count). The van der Waals surface area contributed by atoms with Crippen LogP contribution in [0.4, 0.5) is 0 Å². The summed E-state index contributed by atoms with van der Waals surface area (Å²) in [5.74, 6) is -0.788. The number of aryl methyl sites for hydroxylation is 1. The number of aromatic nitrogens is 1. The summed E-state index contributed by atoms with van der Waals surface area (Å²) in [7, 11) is 0. The van der Waals surface area contributed by atoms with Crippen LogP contribution in [0, 0.1) is 12.4 Å². The molecule has 1 heterocycles. The molecule has 0 saturated heterocycles. The van der Waals surface area contributed by atoms with E-state index in [9.17, 15) is 9.59 Å². The number of carbonyl (C=O) groups is 2. The average Bonchev–Trinajstić information content (AvgIpc) is 2.58. The molecule has 1 amide bonds. The first-order valence-corrected chi connectivity index (χ1v) is 5.95. The molecule has 0 aliphatic heterocycles. The molecule has 0 aromatic carbocycles. The van der Waals surface area contributed by atoms with E-state index in [-0.39, 0.29) is 12.5 Å². The Morgan fingerprint density at radius 3 is 2.59 bits per heavy atom. The van der Waals surface area contributed by atoms with Crippen LogP contribution in [0.1, 0.15) is 36.1 Å². The fraction of sp³-hybridized carbons (Fsp3) is 0.545. The van der Waals surface area contributed by atoms with Crippen molar-refractivity contribution in [2.24, 2.45) is 0 Å². The summed E-state index contributed by atoms with van der Waals surface area (Å²) in [5, 5.41) is 2.49. The molecule has 5 nitrogen and oxygen atoms in total. The minimum absolute atomic E-state index is 0.145. The monoisotopic (exact) mass is 255 g/mol. The van der Waals surface area contributed by atoms with E-state index in [0.717, 1.165) is 11.3 Å². The third-order valence-corrected chi connectivity index (χ3v) is 2.58. The second-order valence-electron chi connectivity index (χ2n) is 4.49. The highest BCUT2D eigenvalue weighted by molar-refractivity contribution is 7.11. The molecule has 93 valence electrons. The van der Waals surface area contributed by atoms with Gasteiger partial charge in [-0.2, -0.15) is 0 Å². The number of nitrogens with one attached hydrogen (secondary N) is 1. The molecule has 0 spiro atoms. The van der Waals surface area contributed by atoms with E-state index in [1.54, 1.807) is 27.7 Å². The number of ether oxygens (including phenoxy) is 1. The SMILES string of the molecule is Cc1n[c]sc1C(=O)NCC(=O)OC(C)(C)C. The topological polar surface area (TPSA) is 68.3 Å². The van der Waals surface area contributed by atoms with Gasteiger partial charge in [0, 0.05) is 0 Å². The van der Waals surface area contributed by atoms with Gasteiger partial charge in [0.05, 0.1) is 5.69 Å². The molecular weight excluding hydrogens is 240 g/mol. The molecule has 17 heavy (non-hydrogen) atoms. The molecule has 1 aromatic rings. The zero-order valence-corrected chi connectivity index (χ0v) is 11.1. The second kappa shape index (κ2) is 5.27. The molecule has 0 bridgehead atoms. The highest BCUT2D eigenvalue weighted by atomic mass is 32.1. The third kappa shape index (κ3) is 4.52. The Balaban J connectivity index is 2.45. The molecule has 1 N–H and O–H groups in total. The van der Waals surface area contributed by atoms with E-state index in [1.165, 1.54) is 0 Å². The van der Waals surface area contributed by atoms with Crippen molar-refractivity contribution >= 4 is 23.2 Å². The van der Waals surface area contributed by atoms with Crippen molar-refractivity contribution in [1.29, 1.82) is 0 Å². The van der Waals surface area contributed by atoms with Gasteiger partial charge in [0.1, 0.15) is 17.0 Å². The van der Waals surface area contributed by atoms with Crippen LogP contribution < -0.4 is 5.32 Å². The number of hydrogen-bond donors (Lipinski definition) is 1. The molecular formula is C11H15N2O3S. The Morgan fingerprint density at radius 2 is 2.12 bits per heavy atom. The van der Waals surface area contributed by atoms with Gasteiger partial charge in [-0.05, 0) is 27.7 Å². The highest BCUT2D eigenvalue weighted by Crippen LogP contribution is 2.11. The van der Waals surface area contributed by atoms with Crippen LogP contribution in [0.15, 0.2) is 0 Å². The van der Waals surface area contributed by atoms with Crippen LogP contribution in [0.2, 0.25) is 0 Å². The van der Waals surface area contributed by atoms with E-state index >= 15 is 0 Å². The van der Waals surface area contributed by atoms with Crippen molar-refractivity contribution in [2.75, 3.05) is 6.54 Å². The number of rotatable bonds is 3. The summed E-state index contributed by atoms with van der Waals surface area (Å²) in [4.78, 5) is 27.3. The maximum Gasteiger partial charge on any atom is 0.325 e.